The number of guanidine groups is 1. The summed E-state index contributed by atoms with van der Waals surface area (Å²) in [5.74, 6) is -3.25. The summed E-state index contributed by atoms with van der Waals surface area (Å²) in [6, 6.07) is 3.42. The second-order valence-corrected chi connectivity index (χ2v) is 8.03. The molecule has 1 aliphatic rings. The smallest absolute Gasteiger partial charge is 0.347 e. The van der Waals surface area contributed by atoms with Crippen molar-refractivity contribution in [3.05, 3.63) is 29.0 Å². The highest BCUT2D eigenvalue weighted by atomic mass is 79.9. The number of aliphatic carboxylic acids is 1. The second-order valence-electron chi connectivity index (χ2n) is 7.23. The molecule has 2 atom stereocenters. The van der Waals surface area contributed by atoms with Gasteiger partial charge in [0.25, 0.3) is 0 Å². The van der Waals surface area contributed by atoms with E-state index in [1.165, 1.54) is 24.9 Å². The first-order valence-electron chi connectivity index (χ1n) is 10.3. The Morgan fingerprint density at radius 1 is 1.12 bits per heavy atom. The van der Waals surface area contributed by atoms with Crippen molar-refractivity contribution in [3.63, 3.8) is 0 Å². The van der Waals surface area contributed by atoms with Gasteiger partial charge in [-0.2, -0.15) is 0 Å². The van der Waals surface area contributed by atoms with Gasteiger partial charge >= 0.3 is 17.9 Å². The maximum Gasteiger partial charge on any atom is 0.347 e. The molecule has 0 saturated carbocycles. The first kappa shape index (κ1) is 25.0. The van der Waals surface area contributed by atoms with Gasteiger partial charge in [-0.25, -0.2) is 14.5 Å². The van der Waals surface area contributed by atoms with Gasteiger partial charge in [-0.3, -0.25) is 24.5 Å². The maximum atomic E-state index is 13.1. The van der Waals surface area contributed by atoms with E-state index in [0.29, 0.717) is 40.2 Å². The standard InChI is InChI=1S/C21H22BrN5O7/c1-11(19(30)31)34-20(32)12(2)33-16(29)6-5-15(28)27(21-25-9-10-26-21)14-4-3-13-18(17(14)22)24-8-7-23-13/h3-4,7-8,11-12H,5-6,9-10H2,1-2H3,(H,25,26)(H,30,31). The number of carbonyl (C=O) groups excluding carboxylic acids is 3. The van der Waals surface area contributed by atoms with Gasteiger partial charge in [0.1, 0.15) is 5.52 Å². The summed E-state index contributed by atoms with van der Waals surface area (Å²) in [4.78, 5) is 62.2. The molecule has 2 unspecified atom stereocenters. The van der Waals surface area contributed by atoms with Gasteiger partial charge in [-0.15, -0.1) is 0 Å². The van der Waals surface area contributed by atoms with E-state index in [-0.39, 0.29) is 12.8 Å². The molecule has 0 saturated heterocycles. The molecule has 2 heterocycles. The fourth-order valence-electron chi connectivity index (χ4n) is 3.01. The Morgan fingerprint density at radius 2 is 1.85 bits per heavy atom. The first-order chi connectivity index (χ1) is 16.2. The fraction of sp³-hybridized carbons (Fsp3) is 0.381. The van der Waals surface area contributed by atoms with Crippen LogP contribution in [0.15, 0.2) is 34.0 Å². The molecule has 1 aromatic heterocycles. The van der Waals surface area contributed by atoms with E-state index in [0.717, 1.165) is 0 Å². The van der Waals surface area contributed by atoms with Crippen LogP contribution < -0.4 is 10.2 Å². The van der Waals surface area contributed by atoms with Crippen LogP contribution in [0.1, 0.15) is 26.7 Å². The number of anilines is 1. The lowest BCUT2D eigenvalue weighted by atomic mass is 10.2. The van der Waals surface area contributed by atoms with Gasteiger partial charge in [-0.1, -0.05) is 0 Å². The number of carbonyl (C=O) groups is 4. The van der Waals surface area contributed by atoms with E-state index in [1.807, 2.05) is 0 Å². The molecule has 0 aliphatic carbocycles. The molecule has 13 heteroatoms. The van der Waals surface area contributed by atoms with Crippen LogP contribution in [0.3, 0.4) is 0 Å². The van der Waals surface area contributed by atoms with Crippen molar-refractivity contribution in [2.24, 2.45) is 4.99 Å². The number of hydrogen-bond acceptors (Lipinski definition) is 10. The Kier molecular flexibility index (Phi) is 8.10. The van der Waals surface area contributed by atoms with Gasteiger partial charge in [0, 0.05) is 25.4 Å². The van der Waals surface area contributed by atoms with Crippen molar-refractivity contribution in [3.8, 4) is 0 Å². The van der Waals surface area contributed by atoms with E-state index < -0.39 is 36.0 Å². The molecule has 0 radical (unpaired) electrons. The van der Waals surface area contributed by atoms with Crippen molar-refractivity contribution in [2.45, 2.75) is 38.9 Å². The fourth-order valence-corrected chi connectivity index (χ4v) is 3.63. The number of rotatable bonds is 8. The minimum atomic E-state index is -1.38. The van der Waals surface area contributed by atoms with Crippen LogP contribution in [0, 0.1) is 0 Å². The third-order valence-corrected chi connectivity index (χ3v) is 5.52. The van der Waals surface area contributed by atoms with E-state index in [1.54, 1.807) is 18.3 Å². The zero-order valence-electron chi connectivity index (χ0n) is 18.4. The minimum Gasteiger partial charge on any atom is -0.479 e. The molecule has 2 N–H and O–H groups in total. The van der Waals surface area contributed by atoms with Crippen molar-refractivity contribution in [1.82, 2.24) is 15.3 Å². The summed E-state index contributed by atoms with van der Waals surface area (Å²) in [6.07, 6.45) is -0.168. The van der Waals surface area contributed by atoms with Crippen LogP contribution in [0.2, 0.25) is 0 Å². The lowest BCUT2D eigenvalue weighted by molar-refractivity contribution is -0.175. The Morgan fingerprint density at radius 3 is 2.53 bits per heavy atom. The molecule has 2 aromatic rings. The molecule has 180 valence electrons. The summed E-state index contributed by atoms with van der Waals surface area (Å²) in [5, 5.41) is 11.8. The lowest BCUT2D eigenvalue weighted by Crippen LogP contribution is -2.43. The van der Waals surface area contributed by atoms with Gasteiger partial charge in [0.05, 0.1) is 28.6 Å². The van der Waals surface area contributed by atoms with E-state index in [4.69, 9.17) is 9.84 Å². The van der Waals surface area contributed by atoms with Gasteiger partial charge in [0.15, 0.2) is 12.2 Å². The van der Waals surface area contributed by atoms with Crippen molar-refractivity contribution in [1.29, 1.82) is 0 Å². The Labute approximate surface area is 202 Å². The minimum absolute atomic E-state index is 0.238. The number of aromatic nitrogens is 2. The number of benzene rings is 1. The molecule has 0 spiro atoms. The highest BCUT2D eigenvalue weighted by Gasteiger charge is 2.28. The summed E-state index contributed by atoms with van der Waals surface area (Å²) in [7, 11) is 0. The molecule has 1 aliphatic heterocycles. The average Bonchev–Trinajstić information content (AvgIpc) is 3.33. The Balaban J connectivity index is 1.69. The number of ether oxygens (including phenoxy) is 2. The third kappa shape index (κ3) is 5.84. The monoisotopic (exact) mass is 535 g/mol. The topological polar surface area (TPSA) is 160 Å². The highest BCUT2D eigenvalue weighted by molar-refractivity contribution is 9.10. The largest absolute Gasteiger partial charge is 0.479 e. The number of amides is 1. The number of nitrogens with one attached hydrogen (secondary N) is 1. The summed E-state index contributed by atoms with van der Waals surface area (Å²) < 4.78 is 10.2. The van der Waals surface area contributed by atoms with Gasteiger partial charge < -0.3 is 19.9 Å². The molecule has 0 bridgehead atoms. The number of carboxylic acids is 1. The number of esters is 2. The number of carboxylic acid groups (broad SMARTS) is 1. The number of hydrogen-bond donors (Lipinski definition) is 2. The number of nitrogens with zero attached hydrogens (tertiary/aromatic N) is 4. The van der Waals surface area contributed by atoms with E-state index >= 15 is 0 Å². The number of aliphatic imine (C=N–C) groups is 1. The second kappa shape index (κ2) is 11.0. The number of halogens is 1. The SMILES string of the molecule is CC(OC(=O)C(C)OC(=O)CCC(=O)N(C1=NCCN1)c1ccc2nccnc2c1Br)C(=O)O. The lowest BCUT2D eigenvalue weighted by Gasteiger charge is -2.24. The predicted octanol–water partition coefficient (Wildman–Crippen LogP) is 1.41. The summed E-state index contributed by atoms with van der Waals surface area (Å²) in [6.45, 7) is 3.48. The van der Waals surface area contributed by atoms with Gasteiger partial charge in [-0.05, 0) is 41.9 Å². The van der Waals surface area contributed by atoms with Crippen molar-refractivity contribution >= 4 is 62.4 Å². The highest BCUT2D eigenvalue weighted by Crippen LogP contribution is 2.33. The van der Waals surface area contributed by atoms with Crippen LogP contribution >= 0.6 is 15.9 Å². The zero-order chi connectivity index (χ0) is 24.8. The predicted molar refractivity (Wildman–Crippen MR) is 123 cm³/mol. The van der Waals surface area contributed by atoms with Crippen molar-refractivity contribution < 1.29 is 33.8 Å². The third-order valence-electron chi connectivity index (χ3n) is 4.74. The van der Waals surface area contributed by atoms with Crippen molar-refractivity contribution in [2.75, 3.05) is 18.0 Å². The van der Waals surface area contributed by atoms with Crippen LogP contribution in [0.25, 0.3) is 11.0 Å². The molecule has 0 fully saturated rings. The molecule has 12 nitrogen and oxygen atoms in total. The molecular formula is C21H22BrN5O7. The average molecular weight is 536 g/mol. The summed E-state index contributed by atoms with van der Waals surface area (Å²) >= 11 is 3.49. The summed E-state index contributed by atoms with van der Waals surface area (Å²) in [5.41, 5.74) is 1.66. The maximum absolute atomic E-state index is 13.1. The van der Waals surface area contributed by atoms with Gasteiger partial charge in [0.2, 0.25) is 11.9 Å². The Bertz CT molecular complexity index is 1160. The van der Waals surface area contributed by atoms with E-state index in [2.05, 4.69) is 40.9 Å². The molecular weight excluding hydrogens is 514 g/mol. The molecule has 1 aromatic carbocycles. The molecule has 3 rings (SSSR count). The Hall–Kier alpha value is -3.61. The van der Waals surface area contributed by atoms with Crippen LogP contribution in [-0.4, -0.2) is 70.1 Å². The van der Waals surface area contributed by atoms with Crippen LogP contribution in [0.5, 0.6) is 0 Å². The molecule has 34 heavy (non-hydrogen) atoms. The van der Waals surface area contributed by atoms with E-state index in [9.17, 15) is 19.2 Å². The number of fused-ring (bicyclic) bond motifs is 1. The molecule has 1 amide bonds. The quantitative estimate of drug-likeness (QED) is 0.472. The normalized spacial score (nSPS) is 14.5. The van der Waals surface area contributed by atoms with Crippen LogP contribution in [-0.2, 0) is 28.7 Å². The first-order valence-corrected chi connectivity index (χ1v) is 11.1. The van der Waals surface area contributed by atoms with Crippen LogP contribution in [0.4, 0.5) is 5.69 Å². The zero-order valence-corrected chi connectivity index (χ0v) is 19.9.